The second-order valence-electron chi connectivity index (χ2n) is 5.70. The Morgan fingerprint density at radius 2 is 1.67 bits per heavy atom. The number of aromatic nitrogens is 2. The highest BCUT2D eigenvalue weighted by atomic mass is 19.4. The van der Waals surface area contributed by atoms with Crippen LogP contribution >= 0.6 is 0 Å². The second-order valence-corrected chi connectivity index (χ2v) is 5.70. The molecule has 3 aromatic rings. The predicted octanol–water partition coefficient (Wildman–Crippen LogP) is 5.25. The molecular weight excluding hydrogens is 315 g/mol. The van der Waals surface area contributed by atoms with Crippen LogP contribution in [0.4, 0.5) is 24.7 Å². The molecule has 0 aliphatic rings. The monoisotopic (exact) mass is 331 g/mol. The number of alkyl halides is 3. The molecule has 6 heteroatoms. The number of hydrogen-bond acceptors (Lipinski definition) is 2. The van der Waals surface area contributed by atoms with Crippen molar-refractivity contribution in [2.45, 2.75) is 20.0 Å². The van der Waals surface area contributed by atoms with Crippen LogP contribution in [-0.2, 0) is 6.18 Å². The number of aryl methyl sites for hydroxylation is 2. The minimum atomic E-state index is -4.37. The summed E-state index contributed by atoms with van der Waals surface area (Å²) in [7, 11) is 0. The van der Waals surface area contributed by atoms with E-state index in [9.17, 15) is 13.2 Å². The molecule has 0 aliphatic carbocycles. The Labute approximate surface area is 137 Å². The molecule has 0 spiro atoms. The van der Waals surface area contributed by atoms with Gasteiger partial charge in [0.15, 0.2) is 5.82 Å². The summed E-state index contributed by atoms with van der Waals surface area (Å²) in [5, 5.41) is 7.46. The molecule has 0 unspecified atom stereocenters. The van der Waals surface area contributed by atoms with Gasteiger partial charge in [-0.15, -0.1) is 0 Å². The van der Waals surface area contributed by atoms with Gasteiger partial charge < -0.3 is 5.32 Å². The summed E-state index contributed by atoms with van der Waals surface area (Å²) in [5.41, 5.74) is 2.80. The average Bonchev–Trinajstić information content (AvgIpc) is 2.94. The maximum atomic E-state index is 12.8. The Hall–Kier alpha value is -2.76. The van der Waals surface area contributed by atoms with Crippen LogP contribution in [0.15, 0.2) is 54.7 Å². The van der Waals surface area contributed by atoms with Crippen LogP contribution in [0.2, 0.25) is 0 Å². The molecule has 0 fully saturated rings. The van der Waals surface area contributed by atoms with Gasteiger partial charge in [0.2, 0.25) is 0 Å². The van der Waals surface area contributed by atoms with Gasteiger partial charge in [-0.2, -0.15) is 18.3 Å². The van der Waals surface area contributed by atoms with Gasteiger partial charge in [0, 0.05) is 18.0 Å². The first kappa shape index (κ1) is 16.1. The lowest BCUT2D eigenvalue weighted by Crippen LogP contribution is -2.06. The van der Waals surface area contributed by atoms with Gasteiger partial charge in [-0.1, -0.05) is 12.1 Å². The number of nitrogens with one attached hydrogen (secondary N) is 1. The van der Waals surface area contributed by atoms with E-state index in [1.807, 2.05) is 26.0 Å². The molecular formula is C18H16F3N3. The third-order valence-electron chi connectivity index (χ3n) is 3.52. The highest BCUT2D eigenvalue weighted by Crippen LogP contribution is 2.30. The molecule has 0 aliphatic heterocycles. The maximum absolute atomic E-state index is 12.8. The molecule has 124 valence electrons. The van der Waals surface area contributed by atoms with Crippen LogP contribution in [0.3, 0.4) is 0 Å². The first-order valence-corrected chi connectivity index (χ1v) is 7.40. The summed E-state index contributed by atoms with van der Waals surface area (Å²) in [6, 6.07) is 12.8. The Morgan fingerprint density at radius 1 is 0.958 bits per heavy atom. The highest BCUT2D eigenvalue weighted by Gasteiger charge is 2.30. The van der Waals surface area contributed by atoms with E-state index in [1.54, 1.807) is 18.3 Å². The summed E-state index contributed by atoms with van der Waals surface area (Å²) in [6.07, 6.45) is -2.75. The predicted molar refractivity (Wildman–Crippen MR) is 87.8 cm³/mol. The molecule has 24 heavy (non-hydrogen) atoms. The number of nitrogens with zero attached hydrogens (tertiary/aromatic N) is 2. The van der Waals surface area contributed by atoms with Crippen molar-refractivity contribution in [2.24, 2.45) is 0 Å². The van der Waals surface area contributed by atoms with Crippen LogP contribution < -0.4 is 5.32 Å². The molecule has 1 N–H and O–H groups in total. The van der Waals surface area contributed by atoms with Crippen molar-refractivity contribution in [1.82, 2.24) is 9.78 Å². The zero-order valence-corrected chi connectivity index (χ0v) is 13.2. The van der Waals surface area contributed by atoms with Gasteiger partial charge in [0.05, 0.1) is 11.3 Å². The van der Waals surface area contributed by atoms with Crippen molar-refractivity contribution in [1.29, 1.82) is 0 Å². The van der Waals surface area contributed by atoms with Crippen LogP contribution in [0.5, 0.6) is 0 Å². The van der Waals surface area contributed by atoms with Crippen LogP contribution in [-0.4, -0.2) is 9.78 Å². The topological polar surface area (TPSA) is 29.9 Å². The zero-order valence-electron chi connectivity index (χ0n) is 13.2. The van der Waals surface area contributed by atoms with E-state index in [-0.39, 0.29) is 0 Å². The maximum Gasteiger partial charge on any atom is 0.416 e. The summed E-state index contributed by atoms with van der Waals surface area (Å²) < 4.78 is 39.8. The minimum Gasteiger partial charge on any atom is -0.339 e. The number of rotatable bonds is 3. The van der Waals surface area contributed by atoms with E-state index in [1.165, 1.54) is 10.7 Å². The Kier molecular flexibility index (Phi) is 4.05. The molecule has 0 atom stereocenters. The van der Waals surface area contributed by atoms with Crippen molar-refractivity contribution in [3.8, 4) is 5.69 Å². The number of hydrogen-bond donors (Lipinski definition) is 1. The molecule has 1 aromatic heterocycles. The second kappa shape index (κ2) is 6.03. The average molecular weight is 331 g/mol. The Bertz CT molecular complexity index is 846. The SMILES string of the molecule is Cc1cc(C)cc(Nc2ccn(-c3cccc(C(F)(F)F)c3)n2)c1. The first-order valence-electron chi connectivity index (χ1n) is 7.40. The third kappa shape index (κ3) is 3.59. The van der Waals surface area contributed by atoms with Crippen molar-refractivity contribution in [2.75, 3.05) is 5.32 Å². The fourth-order valence-corrected chi connectivity index (χ4v) is 2.55. The summed E-state index contributed by atoms with van der Waals surface area (Å²) in [6.45, 7) is 4.00. The largest absolute Gasteiger partial charge is 0.416 e. The summed E-state index contributed by atoms with van der Waals surface area (Å²) >= 11 is 0. The van der Waals surface area contributed by atoms with Crippen LogP contribution in [0, 0.1) is 13.8 Å². The molecule has 0 saturated carbocycles. The molecule has 0 bridgehead atoms. The molecule has 3 rings (SSSR count). The Morgan fingerprint density at radius 3 is 2.33 bits per heavy atom. The molecule has 2 aromatic carbocycles. The van der Waals surface area contributed by atoms with E-state index >= 15 is 0 Å². The smallest absolute Gasteiger partial charge is 0.339 e. The number of benzene rings is 2. The zero-order chi connectivity index (χ0) is 17.3. The normalized spacial score (nSPS) is 11.5. The number of anilines is 2. The highest BCUT2D eigenvalue weighted by molar-refractivity contribution is 5.58. The van der Waals surface area contributed by atoms with E-state index < -0.39 is 11.7 Å². The quantitative estimate of drug-likeness (QED) is 0.710. The van der Waals surface area contributed by atoms with Crippen molar-refractivity contribution in [3.63, 3.8) is 0 Å². The lowest BCUT2D eigenvalue weighted by atomic mass is 10.1. The van der Waals surface area contributed by atoms with Gasteiger partial charge in [-0.3, -0.25) is 0 Å². The summed E-state index contributed by atoms with van der Waals surface area (Å²) in [4.78, 5) is 0. The van der Waals surface area contributed by atoms with Crippen LogP contribution in [0.1, 0.15) is 16.7 Å². The lowest BCUT2D eigenvalue weighted by molar-refractivity contribution is -0.137. The minimum absolute atomic E-state index is 0.360. The van der Waals surface area contributed by atoms with E-state index in [0.29, 0.717) is 11.5 Å². The van der Waals surface area contributed by atoms with E-state index in [2.05, 4.69) is 16.5 Å². The van der Waals surface area contributed by atoms with Gasteiger partial charge in [0.25, 0.3) is 0 Å². The van der Waals surface area contributed by atoms with Crippen molar-refractivity contribution in [3.05, 3.63) is 71.4 Å². The first-order chi connectivity index (χ1) is 11.3. The lowest BCUT2D eigenvalue weighted by Gasteiger charge is -2.09. The standard InChI is InChI=1S/C18H16F3N3/c1-12-8-13(2)10-15(9-12)22-17-6-7-24(23-17)16-5-3-4-14(11-16)18(19,20)21/h3-11H,1-2H3,(H,22,23). The number of halogens is 3. The molecule has 0 radical (unpaired) electrons. The molecule has 0 amide bonds. The van der Waals surface area contributed by atoms with Crippen molar-refractivity contribution < 1.29 is 13.2 Å². The van der Waals surface area contributed by atoms with E-state index in [4.69, 9.17) is 0 Å². The van der Waals surface area contributed by atoms with Gasteiger partial charge in [-0.25, -0.2) is 4.68 Å². The fourth-order valence-electron chi connectivity index (χ4n) is 2.55. The van der Waals surface area contributed by atoms with Crippen LogP contribution in [0.25, 0.3) is 5.69 Å². The fraction of sp³-hybridized carbons (Fsp3) is 0.167. The van der Waals surface area contributed by atoms with Gasteiger partial charge in [-0.05, 0) is 55.3 Å². The van der Waals surface area contributed by atoms with Gasteiger partial charge >= 0.3 is 6.18 Å². The Balaban J connectivity index is 1.86. The molecule has 1 heterocycles. The van der Waals surface area contributed by atoms with Gasteiger partial charge in [0.1, 0.15) is 0 Å². The third-order valence-corrected chi connectivity index (χ3v) is 3.52. The molecule has 3 nitrogen and oxygen atoms in total. The van der Waals surface area contributed by atoms with E-state index in [0.717, 1.165) is 28.9 Å². The summed E-state index contributed by atoms with van der Waals surface area (Å²) in [5.74, 6) is 0.567. The van der Waals surface area contributed by atoms with Crippen molar-refractivity contribution >= 4 is 11.5 Å². The molecule has 0 saturated heterocycles.